The molecule has 3 N–H and O–H groups in total. The fourth-order valence-corrected chi connectivity index (χ4v) is 2.11. The van der Waals surface area contributed by atoms with Gasteiger partial charge in [0.15, 0.2) is 0 Å². The average molecular weight is 267 g/mol. The Morgan fingerprint density at radius 2 is 1.95 bits per heavy atom. The van der Waals surface area contributed by atoms with E-state index in [0.29, 0.717) is 12.2 Å². The standard InChI is InChI=1S/C15H25NO3/c1-10(2)16-13(9-15(3,4)18)12-7-6-11(19-5)8-14(12)17/h6-8,10,13,16-18H,9H2,1-5H3. The van der Waals surface area contributed by atoms with E-state index in [0.717, 1.165) is 5.56 Å². The number of hydrogen-bond donors (Lipinski definition) is 3. The fourth-order valence-electron chi connectivity index (χ4n) is 2.11. The van der Waals surface area contributed by atoms with Crippen LogP contribution in [0.1, 0.15) is 45.7 Å². The van der Waals surface area contributed by atoms with E-state index >= 15 is 0 Å². The van der Waals surface area contributed by atoms with Crippen molar-refractivity contribution in [1.29, 1.82) is 0 Å². The predicted molar refractivity (Wildman–Crippen MR) is 76.6 cm³/mol. The molecule has 0 bridgehead atoms. The number of phenolic OH excluding ortho intramolecular Hbond substituents is 1. The van der Waals surface area contributed by atoms with Gasteiger partial charge in [-0.15, -0.1) is 0 Å². The highest BCUT2D eigenvalue weighted by Gasteiger charge is 2.24. The van der Waals surface area contributed by atoms with Gasteiger partial charge in [-0.05, 0) is 26.3 Å². The lowest BCUT2D eigenvalue weighted by Crippen LogP contribution is -2.34. The van der Waals surface area contributed by atoms with Crippen LogP contribution in [0.15, 0.2) is 18.2 Å². The lowest BCUT2D eigenvalue weighted by Gasteiger charge is -2.28. The number of benzene rings is 1. The molecule has 19 heavy (non-hydrogen) atoms. The molecule has 0 aliphatic rings. The number of rotatable bonds is 6. The molecule has 0 aliphatic carbocycles. The second-order valence-electron chi connectivity index (χ2n) is 5.82. The Kier molecular flexibility index (Phi) is 5.20. The van der Waals surface area contributed by atoms with Gasteiger partial charge in [0.25, 0.3) is 0 Å². The van der Waals surface area contributed by atoms with E-state index in [1.54, 1.807) is 27.0 Å². The second kappa shape index (κ2) is 6.26. The van der Waals surface area contributed by atoms with Gasteiger partial charge < -0.3 is 20.3 Å². The van der Waals surface area contributed by atoms with E-state index in [4.69, 9.17) is 4.74 Å². The fraction of sp³-hybridized carbons (Fsp3) is 0.600. The number of hydrogen-bond acceptors (Lipinski definition) is 4. The minimum absolute atomic E-state index is 0.106. The van der Waals surface area contributed by atoms with Crippen LogP contribution in [0.5, 0.6) is 11.5 Å². The highest BCUT2D eigenvalue weighted by atomic mass is 16.5. The Bertz CT molecular complexity index is 410. The van der Waals surface area contributed by atoms with E-state index in [1.807, 2.05) is 26.0 Å². The molecule has 0 saturated heterocycles. The van der Waals surface area contributed by atoms with Gasteiger partial charge in [0, 0.05) is 23.7 Å². The Morgan fingerprint density at radius 3 is 2.37 bits per heavy atom. The summed E-state index contributed by atoms with van der Waals surface area (Å²) in [4.78, 5) is 0. The van der Waals surface area contributed by atoms with Gasteiger partial charge in [-0.25, -0.2) is 0 Å². The molecular weight excluding hydrogens is 242 g/mol. The van der Waals surface area contributed by atoms with Crippen molar-refractivity contribution in [2.24, 2.45) is 0 Å². The van der Waals surface area contributed by atoms with Gasteiger partial charge in [0.1, 0.15) is 11.5 Å². The summed E-state index contributed by atoms with van der Waals surface area (Å²) in [5, 5.41) is 23.5. The summed E-state index contributed by atoms with van der Waals surface area (Å²) in [5.74, 6) is 0.801. The zero-order chi connectivity index (χ0) is 14.6. The van der Waals surface area contributed by atoms with Gasteiger partial charge in [-0.1, -0.05) is 19.9 Å². The molecule has 4 nitrogen and oxygen atoms in total. The monoisotopic (exact) mass is 267 g/mol. The molecule has 0 radical (unpaired) electrons. The normalized spacial score (nSPS) is 13.6. The van der Waals surface area contributed by atoms with Crippen LogP contribution in [0.25, 0.3) is 0 Å². The van der Waals surface area contributed by atoms with Gasteiger partial charge in [-0.3, -0.25) is 0 Å². The Morgan fingerprint density at radius 1 is 1.32 bits per heavy atom. The number of aliphatic hydroxyl groups is 1. The van der Waals surface area contributed by atoms with Crippen molar-refractivity contribution < 1.29 is 14.9 Å². The molecule has 0 aromatic heterocycles. The number of phenols is 1. The molecular formula is C15H25NO3. The van der Waals surface area contributed by atoms with Crippen molar-refractivity contribution >= 4 is 0 Å². The highest BCUT2D eigenvalue weighted by Crippen LogP contribution is 2.33. The molecule has 0 heterocycles. The number of nitrogens with one attached hydrogen (secondary N) is 1. The molecule has 1 aromatic rings. The molecule has 108 valence electrons. The third kappa shape index (κ3) is 5.09. The third-order valence-corrected chi connectivity index (χ3v) is 2.85. The van der Waals surface area contributed by atoms with Gasteiger partial charge in [0.05, 0.1) is 12.7 Å². The van der Waals surface area contributed by atoms with E-state index < -0.39 is 5.60 Å². The molecule has 4 heteroatoms. The van der Waals surface area contributed by atoms with E-state index in [2.05, 4.69) is 5.32 Å². The zero-order valence-corrected chi connectivity index (χ0v) is 12.4. The van der Waals surface area contributed by atoms with Gasteiger partial charge >= 0.3 is 0 Å². The third-order valence-electron chi connectivity index (χ3n) is 2.85. The maximum atomic E-state index is 10.1. The number of methoxy groups -OCH3 is 1. The summed E-state index contributed by atoms with van der Waals surface area (Å²) in [6.45, 7) is 7.61. The molecule has 0 spiro atoms. The molecule has 0 fully saturated rings. The van der Waals surface area contributed by atoms with Crippen LogP contribution in [-0.2, 0) is 0 Å². The van der Waals surface area contributed by atoms with Crippen LogP contribution in [0.2, 0.25) is 0 Å². The van der Waals surface area contributed by atoms with Crippen LogP contribution in [-0.4, -0.2) is 29.0 Å². The molecule has 0 aliphatic heterocycles. The Balaban J connectivity index is 3.03. The van der Waals surface area contributed by atoms with E-state index in [9.17, 15) is 10.2 Å². The predicted octanol–water partition coefficient (Wildman–Crippen LogP) is 2.60. The Labute approximate surface area is 115 Å². The summed E-state index contributed by atoms with van der Waals surface area (Å²) in [6.07, 6.45) is 0.519. The quantitative estimate of drug-likeness (QED) is 0.741. The first-order chi connectivity index (χ1) is 8.73. The minimum atomic E-state index is -0.807. The topological polar surface area (TPSA) is 61.7 Å². The van der Waals surface area contributed by atoms with Crippen molar-refractivity contribution in [3.63, 3.8) is 0 Å². The van der Waals surface area contributed by atoms with Gasteiger partial charge in [-0.2, -0.15) is 0 Å². The summed E-state index contributed by atoms with van der Waals surface area (Å²) >= 11 is 0. The Hall–Kier alpha value is -1.26. The summed E-state index contributed by atoms with van der Waals surface area (Å²) in [7, 11) is 1.56. The SMILES string of the molecule is COc1ccc(C(CC(C)(C)O)NC(C)C)c(O)c1. The smallest absolute Gasteiger partial charge is 0.124 e. The lowest BCUT2D eigenvalue weighted by molar-refractivity contribution is 0.0576. The highest BCUT2D eigenvalue weighted by molar-refractivity contribution is 5.41. The molecule has 1 aromatic carbocycles. The molecule has 0 saturated carbocycles. The van der Waals surface area contributed by atoms with Crippen molar-refractivity contribution in [3.05, 3.63) is 23.8 Å². The summed E-state index contributed by atoms with van der Waals surface area (Å²) < 4.78 is 5.08. The maximum Gasteiger partial charge on any atom is 0.124 e. The van der Waals surface area contributed by atoms with Crippen molar-refractivity contribution in [1.82, 2.24) is 5.32 Å². The van der Waals surface area contributed by atoms with Crippen LogP contribution < -0.4 is 10.1 Å². The number of ether oxygens (including phenoxy) is 1. The molecule has 1 atom stereocenters. The first kappa shape index (κ1) is 15.8. The maximum absolute atomic E-state index is 10.1. The van der Waals surface area contributed by atoms with Crippen molar-refractivity contribution in [2.45, 2.75) is 51.8 Å². The molecule has 1 rings (SSSR count). The van der Waals surface area contributed by atoms with Crippen LogP contribution in [0.3, 0.4) is 0 Å². The van der Waals surface area contributed by atoms with Crippen LogP contribution in [0, 0.1) is 0 Å². The van der Waals surface area contributed by atoms with E-state index in [-0.39, 0.29) is 17.8 Å². The second-order valence-corrected chi connectivity index (χ2v) is 5.82. The van der Waals surface area contributed by atoms with Gasteiger partial charge in [0.2, 0.25) is 0 Å². The summed E-state index contributed by atoms with van der Waals surface area (Å²) in [5.41, 5.74) is -0.0320. The first-order valence-electron chi connectivity index (χ1n) is 6.58. The molecule has 0 amide bonds. The average Bonchev–Trinajstić information content (AvgIpc) is 2.25. The van der Waals surface area contributed by atoms with Crippen LogP contribution >= 0.6 is 0 Å². The van der Waals surface area contributed by atoms with E-state index in [1.165, 1.54) is 0 Å². The lowest BCUT2D eigenvalue weighted by atomic mass is 9.92. The van der Waals surface area contributed by atoms with Crippen molar-refractivity contribution in [3.8, 4) is 11.5 Å². The number of aromatic hydroxyl groups is 1. The summed E-state index contributed by atoms with van der Waals surface area (Å²) in [6, 6.07) is 5.39. The first-order valence-corrected chi connectivity index (χ1v) is 6.58. The zero-order valence-electron chi connectivity index (χ0n) is 12.4. The van der Waals surface area contributed by atoms with Crippen molar-refractivity contribution in [2.75, 3.05) is 7.11 Å². The van der Waals surface area contributed by atoms with Crippen LogP contribution in [0.4, 0.5) is 0 Å². The minimum Gasteiger partial charge on any atom is -0.507 e. The largest absolute Gasteiger partial charge is 0.507 e. The molecule has 1 unspecified atom stereocenters.